The van der Waals surface area contributed by atoms with Gasteiger partial charge in [-0.1, -0.05) is 23.5 Å². The molecule has 2 aliphatic rings. The zero-order chi connectivity index (χ0) is 26.0. The van der Waals surface area contributed by atoms with Gasteiger partial charge in [-0.05, 0) is 68.5 Å². The molecule has 10 heteroatoms. The molecule has 1 amide bonds. The summed E-state index contributed by atoms with van der Waals surface area (Å²) in [6.45, 7) is 9.90. The second-order valence-corrected chi connectivity index (χ2v) is 12.7. The van der Waals surface area contributed by atoms with Crippen molar-refractivity contribution in [2.45, 2.75) is 38.0 Å². The van der Waals surface area contributed by atoms with E-state index in [4.69, 9.17) is 9.72 Å². The normalized spacial score (nSPS) is 17.5. The molecule has 2 saturated heterocycles. The predicted molar refractivity (Wildman–Crippen MR) is 147 cm³/mol. The van der Waals surface area contributed by atoms with Gasteiger partial charge in [-0.3, -0.25) is 14.6 Å². The number of hydrogen-bond acceptors (Lipinski definition) is 7. The minimum absolute atomic E-state index is 0.165. The number of anilines is 1. The van der Waals surface area contributed by atoms with Crippen LogP contribution in [0.25, 0.3) is 10.2 Å². The minimum atomic E-state index is -3.52. The van der Waals surface area contributed by atoms with Crippen LogP contribution < -0.4 is 4.90 Å². The number of hydrogen-bond donors (Lipinski definition) is 0. The molecular weight excluding hydrogens is 508 g/mol. The van der Waals surface area contributed by atoms with Crippen LogP contribution in [0, 0.1) is 13.8 Å². The van der Waals surface area contributed by atoms with E-state index in [2.05, 4.69) is 24.0 Å². The first-order chi connectivity index (χ1) is 17.8. The Labute approximate surface area is 222 Å². The van der Waals surface area contributed by atoms with Crippen molar-refractivity contribution < 1.29 is 17.9 Å². The molecule has 3 heterocycles. The minimum Gasteiger partial charge on any atom is -0.379 e. The van der Waals surface area contributed by atoms with Crippen LogP contribution in [0.5, 0.6) is 0 Å². The van der Waals surface area contributed by atoms with Crippen LogP contribution in [0.3, 0.4) is 0 Å². The Hall–Kier alpha value is -2.37. The summed E-state index contributed by atoms with van der Waals surface area (Å²) in [6.07, 6.45) is 2.58. The molecular formula is C27H34N4O4S2. The third-order valence-corrected chi connectivity index (χ3v) is 10.3. The van der Waals surface area contributed by atoms with Gasteiger partial charge in [-0.25, -0.2) is 13.4 Å². The summed E-state index contributed by atoms with van der Waals surface area (Å²) in [7, 11) is -3.52. The number of amides is 1. The average molecular weight is 543 g/mol. The van der Waals surface area contributed by atoms with Gasteiger partial charge in [-0.15, -0.1) is 0 Å². The quantitative estimate of drug-likeness (QED) is 0.427. The molecule has 2 aliphatic heterocycles. The molecule has 0 radical (unpaired) electrons. The van der Waals surface area contributed by atoms with Crippen molar-refractivity contribution in [2.24, 2.45) is 0 Å². The molecule has 0 unspecified atom stereocenters. The van der Waals surface area contributed by atoms with Crippen LogP contribution in [-0.2, 0) is 14.8 Å². The fourth-order valence-electron chi connectivity index (χ4n) is 4.93. The average Bonchev–Trinajstić information content (AvgIpc) is 3.61. The van der Waals surface area contributed by atoms with E-state index in [0.717, 1.165) is 73.5 Å². The number of ether oxygens (including phenoxy) is 1. The Kier molecular flexibility index (Phi) is 7.92. The van der Waals surface area contributed by atoms with Gasteiger partial charge in [-0.2, -0.15) is 4.31 Å². The SMILES string of the molecule is Cc1ccc(C)c2sc(N(CCCN3CCOCC3)C(=O)c3ccc(S(=O)(=O)N4CCCC4)cc3)nc12. The summed E-state index contributed by atoms with van der Waals surface area (Å²) in [5.74, 6) is -0.165. The van der Waals surface area contributed by atoms with Crippen LogP contribution in [0.2, 0.25) is 0 Å². The maximum atomic E-state index is 13.8. The van der Waals surface area contributed by atoms with E-state index in [1.807, 2.05) is 6.92 Å². The lowest BCUT2D eigenvalue weighted by atomic mass is 10.1. The highest BCUT2D eigenvalue weighted by molar-refractivity contribution is 7.89. The molecule has 3 aromatic rings. The molecule has 0 spiro atoms. The van der Waals surface area contributed by atoms with Gasteiger partial charge in [0.1, 0.15) is 0 Å². The van der Waals surface area contributed by atoms with E-state index < -0.39 is 10.0 Å². The third kappa shape index (κ3) is 5.58. The number of carbonyl (C=O) groups excluding carboxylic acids is 1. The highest BCUT2D eigenvalue weighted by Gasteiger charge is 2.28. The van der Waals surface area contributed by atoms with Crippen LogP contribution in [0.4, 0.5) is 5.13 Å². The summed E-state index contributed by atoms with van der Waals surface area (Å²) in [4.78, 5) is 23.0. The van der Waals surface area contributed by atoms with Crippen molar-refractivity contribution >= 4 is 42.6 Å². The summed E-state index contributed by atoms with van der Waals surface area (Å²) < 4.78 is 33.9. The first-order valence-electron chi connectivity index (χ1n) is 12.9. The summed E-state index contributed by atoms with van der Waals surface area (Å²) in [5, 5.41) is 0.674. The first-order valence-corrected chi connectivity index (χ1v) is 15.2. The van der Waals surface area contributed by atoms with Crippen molar-refractivity contribution in [3.05, 3.63) is 53.1 Å². The largest absolute Gasteiger partial charge is 0.379 e. The molecule has 0 saturated carbocycles. The van der Waals surface area contributed by atoms with Crippen LogP contribution in [0.15, 0.2) is 41.3 Å². The van der Waals surface area contributed by atoms with Crippen molar-refractivity contribution in [1.82, 2.24) is 14.2 Å². The van der Waals surface area contributed by atoms with E-state index in [0.29, 0.717) is 30.3 Å². The predicted octanol–water partition coefficient (Wildman–Crippen LogP) is 4.07. The molecule has 0 aliphatic carbocycles. The molecule has 0 atom stereocenters. The third-order valence-electron chi connectivity index (χ3n) is 7.17. The molecule has 37 heavy (non-hydrogen) atoms. The fourth-order valence-corrected chi connectivity index (χ4v) is 7.58. The molecule has 8 nitrogen and oxygen atoms in total. The molecule has 1 aromatic heterocycles. The van der Waals surface area contributed by atoms with Crippen LogP contribution in [-0.4, -0.2) is 81.0 Å². The van der Waals surface area contributed by atoms with Crippen molar-refractivity contribution in [3.8, 4) is 0 Å². The number of benzene rings is 2. The lowest BCUT2D eigenvalue weighted by molar-refractivity contribution is 0.0376. The van der Waals surface area contributed by atoms with E-state index in [1.54, 1.807) is 29.2 Å². The smallest absolute Gasteiger partial charge is 0.260 e. The van der Waals surface area contributed by atoms with Gasteiger partial charge in [0.25, 0.3) is 5.91 Å². The topological polar surface area (TPSA) is 83.0 Å². The molecule has 2 fully saturated rings. The number of aryl methyl sites for hydroxylation is 2. The first kappa shape index (κ1) is 26.2. The number of thiazole rings is 1. The lowest BCUT2D eigenvalue weighted by Crippen LogP contribution is -2.39. The number of morpholine rings is 1. The van der Waals surface area contributed by atoms with Gasteiger partial charge in [0.2, 0.25) is 10.0 Å². The highest BCUT2D eigenvalue weighted by Crippen LogP contribution is 2.34. The number of fused-ring (bicyclic) bond motifs is 1. The number of sulfonamides is 1. The Morgan fingerprint density at radius 3 is 2.35 bits per heavy atom. The summed E-state index contributed by atoms with van der Waals surface area (Å²) in [6, 6.07) is 10.5. The number of aromatic nitrogens is 1. The monoisotopic (exact) mass is 542 g/mol. The van der Waals surface area contributed by atoms with Gasteiger partial charge in [0.05, 0.1) is 28.3 Å². The maximum Gasteiger partial charge on any atom is 0.260 e. The van der Waals surface area contributed by atoms with Crippen molar-refractivity contribution in [3.63, 3.8) is 0 Å². The Bertz CT molecular complexity index is 1320. The Morgan fingerprint density at radius 2 is 1.68 bits per heavy atom. The van der Waals surface area contributed by atoms with Crippen LogP contribution in [0.1, 0.15) is 40.7 Å². The van der Waals surface area contributed by atoms with E-state index in [1.165, 1.54) is 15.6 Å². The van der Waals surface area contributed by atoms with E-state index in [-0.39, 0.29) is 10.8 Å². The molecule has 5 rings (SSSR count). The number of carbonyl (C=O) groups is 1. The zero-order valence-electron chi connectivity index (χ0n) is 21.5. The van der Waals surface area contributed by atoms with E-state index in [9.17, 15) is 13.2 Å². The van der Waals surface area contributed by atoms with Gasteiger partial charge < -0.3 is 4.74 Å². The fraction of sp³-hybridized carbons (Fsp3) is 0.481. The lowest BCUT2D eigenvalue weighted by Gasteiger charge is -2.27. The molecule has 0 N–H and O–H groups in total. The van der Waals surface area contributed by atoms with E-state index >= 15 is 0 Å². The molecule has 2 aromatic carbocycles. The summed E-state index contributed by atoms with van der Waals surface area (Å²) >= 11 is 1.54. The summed E-state index contributed by atoms with van der Waals surface area (Å²) in [5.41, 5.74) is 3.61. The zero-order valence-corrected chi connectivity index (χ0v) is 23.1. The molecule has 198 valence electrons. The number of rotatable bonds is 8. The van der Waals surface area contributed by atoms with Crippen molar-refractivity contribution in [1.29, 1.82) is 0 Å². The Morgan fingerprint density at radius 1 is 1.00 bits per heavy atom. The highest BCUT2D eigenvalue weighted by atomic mass is 32.2. The second-order valence-electron chi connectivity index (χ2n) is 9.77. The van der Waals surface area contributed by atoms with Gasteiger partial charge in [0, 0.05) is 44.8 Å². The van der Waals surface area contributed by atoms with Crippen molar-refractivity contribution in [2.75, 3.05) is 57.4 Å². The maximum absolute atomic E-state index is 13.8. The molecule has 0 bridgehead atoms. The standard InChI is InChI=1S/C27H34N4O4S2/c1-20-6-7-21(2)25-24(20)28-27(36-25)31(15-5-12-29-16-18-35-19-17-29)26(32)22-8-10-23(11-9-22)37(33,34)30-13-3-4-14-30/h6-11H,3-5,12-19H2,1-2H3. The Balaban J connectivity index is 1.40. The van der Waals surface area contributed by atoms with Gasteiger partial charge in [0.15, 0.2) is 5.13 Å². The number of nitrogens with zero attached hydrogens (tertiary/aromatic N) is 4. The van der Waals surface area contributed by atoms with Crippen LogP contribution >= 0.6 is 11.3 Å². The second kappa shape index (κ2) is 11.2. The van der Waals surface area contributed by atoms with Gasteiger partial charge >= 0.3 is 0 Å².